The molecular formula is C65H126O17P2. The van der Waals surface area contributed by atoms with Gasteiger partial charge in [0, 0.05) is 25.7 Å². The average molecular weight is 1240 g/mol. The second-order valence-corrected chi connectivity index (χ2v) is 27.4. The lowest BCUT2D eigenvalue weighted by Gasteiger charge is -2.21. The highest BCUT2D eigenvalue weighted by molar-refractivity contribution is 7.47. The maximum absolute atomic E-state index is 13.0. The number of esters is 4. The van der Waals surface area contributed by atoms with Crippen LogP contribution >= 0.6 is 15.6 Å². The van der Waals surface area contributed by atoms with Crippen LogP contribution < -0.4 is 0 Å². The molecule has 19 heteroatoms. The normalized spacial score (nSPS) is 14.3. The molecule has 498 valence electrons. The fourth-order valence-corrected chi connectivity index (χ4v) is 11.3. The number of aliphatic hydroxyl groups is 1. The van der Waals surface area contributed by atoms with Gasteiger partial charge in [-0.1, -0.05) is 273 Å². The van der Waals surface area contributed by atoms with E-state index in [4.69, 9.17) is 37.0 Å². The van der Waals surface area contributed by atoms with Crippen molar-refractivity contribution in [3.63, 3.8) is 0 Å². The Kier molecular flexibility index (Phi) is 56.2. The summed E-state index contributed by atoms with van der Waals surface area (Å²) >= 11 is 0. The number of aliphatic hydroxyl groups excluding tert-OH is 1. The Labute approximate surface area is 511 Å². The molecule has 0 fully saturated rings. The number of hydrogen-bond acceptors (Lipinski definition) is 15. The van der Waals surface area contributed by atoms with Crippen LogP contribution in [-0.4, -0.2) is 96.7 Å². The van der Waals surface area contributed by atoms with E-state index in [1.807, 2.05) is 0 Å². The number of hydrogen-bond donors (Lipinski definition) is 3. The standard InChI is InChI=1S/C65H126O17P2/c1-7-9-11-13-14-30-37-43-49-64(69)81-60(53-75-62(67)47-41-33-12-10-8-2)55-79-83(71,72)77-51-59(66)52-78-84(73,74)80-56-61(54-76-63(68)48-42-36-32-27-29-35-40-46-58(5)6)82-65(70)50-44-38-31-26-24-22-20-18-16-15-17-19-21-23-25-28-34-39-45-57(3)4/h57-61,66H,7-56H2,1-6H3,(H,71,72)(H,73,74)/t59-,60+,61+/m0/s1. The molecule has 0 heterocycles. The number of phosphoric ester groups is 2. The first-order chi connectivity index (χ1) is 40.4. The van der Waals surface area contributed by atoms with Crippen molar-refractivity contribution < 1.29 is 80.2 Å². The van der Waals surface area contributed by atoms with Crippen LogP contribution in [0.5, 0.6) is 0 Å². The number of unbranched alkanes of at least 4 members (excludes halogenated alkanes) is 34. The van der Waals surface area contributed by atoms with Crippen LogP contribution in [0.3, 0.4) is 0 Å². The molecule has 0 aliphatic rings. The summed E-state index contributed by atoms with van der Waals surface area (Å²) in [6.45, 7) is 9.36. The van der Waals surface area contributed by atoms with Crippen molar-refractivity contribution in [1.29, 1.82) is 0 Å². The molecule has 0 spiro atoms. The molecule has 0 saturated carbocycles. The molecule has 0 aliphatic heterocycles. The molecule has 0 aromatic carbocycles. The van der Waals surface area contributed by atoms with Crippen LogP contribution in [0.1, 0.15) is 324 Å². The predicted octanol–water partition coefficient (Wildman–Crippen LogP) is 18.0. The minimum Gasteiger partial charge on any atom is -0.462 e. The van der Waals surface area contributed by atoms with Gasteiger partial charge in [-0.15, -0.1) is 0 Å². The zero-order chi connectivity index (χ0) is 62.2. The lowest BCUT2D eigenvalue weighted by molar-refractivity contribution is -0.161. The molecule has 17 nitrogen and oxygen atoms in total. The van der Waals surface area contributed by atoms with Crippen molar-refractivity contribution in [3.05, 3.63) is 0 Å². The SMILES string of the molecule is CCCCCCCCCCC(=O)O[C@H](COC(=O)CCCCCCC)COP(=O)(O)OC[C@H](O)COP(=O)(O)OC[C@@H](COC(=O)CCCCCCCCCC(C)C)OC(=O)CCCCCCCCCCCCCCCCCCCCC(C)C. The third-order valence-corrected chi connectivity index (χ3v) is 16.9. The van der Waals surface area contributed by atoms with Crippen molar-refractivity contribution in [1.82, 2.24) is 0 Å². The highest BCUT2D eigenvalue weighted by atomic mass is 31.2. The summed E-state index contributed by atoms with van der Waals surface area (Å²) in [5.41, 5.74) is 0. The van der Waals surface area contributed by atoms with Crippen LogP contribution in [0, 0.1) is 11.8 Å². The Morgan fingerprint density at radius 1 is 0.321 bits per heavy atom. The number of phosphoric acid groups is 2. The van der Waals surface area contributed by atoms with Crippen molar-refractivity contribution in [2.24, 2.45) is 11.8 Å². The van der Waals surface area contributed by atoms with E-state index in [9.17, 15) is 43.2 Å². The highest BCUT2D eigenvalue weighted by Gasteiger charge is 2.30. The minimum absolute atomic E-state index is 0.104. The van der Waals surface area contributed by atoms with Gasteiger partial charge < -0.3 is 33.8 Å². The van der Waals surface area contributed by atoms with Crippen LogP contribution in [0.4, 0.5) is 0 Å². The summed E-state index contributed by atoms with van der Waals surface area (Å²) in [6, 6.07) is 0. The monoisotopic (exact) mass is 1240 g/mol. The topological polar surface area (TPSA) is 237 Å². The average Bonchev–Trinajstić information content (AvgIpc) is 3.47. The molecule has 5 atom stereocenters. The first-order valence-electron chi connectivity index (χ1n) is 34.0. The molecule has 0 rings (SSSR count). The summed E-state index contributed by atoms with van der Waals surface area (Å²) in [5.74, 6) is -0.622. The fraction of sp³-hybridized carbons (Fsp3) is 0.938. The highest BCUT2D eigenvalue weighted by Crippen LogP contribution is 2.45. The van der Waals surface area contributed by atoms with Gasteiger partial charge in [0.05, 0.1) is 26.4 Å². The molecule has 0 aromatic heterocycles. The third-order valence-electron chi connectivity index (χ3n) is 15.0. The lowest BCUT2D eigenvalue weighted by atomic mass is 10.0. The maximum Gasteiger partial charge on any atom is 0.472 e. The summed E-state index contributed by atoms with van der Waals surface area (Å²) < 4.78 is 67.7. The van der Waals surface area contributed by atoms with Crippen molar-refractivity contribution >= 4 is 39.5 Å². The predicted molar refractivity (Wildman–Crippen MR) is 335 cm³/mol. The second kappa shape index (κ2) is 57.5. The van der Waals surface area contributed by atoms with E-state index in [1.54, 1.807) is 0 Å². The largest absolute Gasteiger partial charge is 0.472 e. The minimum atomic E-state index is -4.94. The molecule has 0 radical (unpaired) electrons. The van der Waals surface area contributed by atoms with Gasteiger partial charge in [-0.2, -0.15) is 0 Å². The van der Waals surface area contributed by atoms with E-state index < -0.39 is 97.5 Å². The Hall–Kier alpha value is -1.94. The Bertz CT molecular complexity index is 1650. The first kappa shape index (κ1) is 82.1. The quantitative estimate of drug-likeness (QED) is 0.0222. The summed E-state index contributed by atoms with van der Waals surface area (Å²) in [4.78, 5) is 71.8. The summed E-state index contributed by atoms with van der Waals surface area (Å²) in [7, 11) is -9.87. The molecule has 0 saturated heterocycles. The van der Waals surface area contributed by atoms with Gasteiger partial charge in [-0.3, -0.25) is 37.3 Å². The molecule has 0 bridgehead atoms. The van der Waals surface area contributed by atoms with E-state index in [0.717, 1.165) is 115 Å². The second-order valence-electron chi connectivity index (χ2n) is 24.5. The van der Waals surface area contributed by atoms with Crippen LogP contribution in [0.25, 0.3) is 0 Å². The van der Waals surface area contributed by atoms with Crippen LogP contribution in [-0.2, 0) is 65.4 Å². The summed E-state index contributed by atoms with van der Waals surface area (Å²) in [6.07, 6.45) is 41.0. The van der Waals surface area contributed by atoms with E-state index >= 15 is 0 Å². The molecule has 2 unspecified atom stereocenters. The molecule has 0 aromatic rings. The Morgan fingerprint density at radius 3 is 0.810 bits per heavy atom. The number of rotatable bonds is 64. The number of carbonyl (C=O) groups is 4. The Balaban J connectivity index is 5.06. The number of carbonyl (C=O) groups excluding carboxylic acids is 4. The first-order valence-corrected chi connectivity index (χ1v) is 37.0. The van der Waals surface area contributed by atoms with Crippen molar-refractivity contribution in [2.45, 2.75) is 342 Å². The fourth-order valence-electron chi connectivity index (χ4n) is 9.71. The van der Waals surface area contributed by atoms with Gasteiger partial charge in [-0.25, -0.2) is 9.13 Å². The van der Waals surface area contributed by atoms with Gasteiger partial charge in [0.2, 0.25) is 0 Å². The maximum atomic E-state index is 13.0. The molecule has 0 aliphatic carbocycles. The van der Waals surface area contributed by atoms with Gasteiger partial charge in [0.1, 0.15) is 19.3 Å². The summed E-state index contributed by atoms with van der Waals surface area (Å²) in [5, 5.41) is 10.5. The van der Waals surface area contributed by atoms with Crippen molar-refractivity contribution in [2.75, 3.05) is 39.6 Å². The molecule has 3 N–H and O–H groups in total. The van der Waals surface area contributed by atoms with Gasteiger partial charge in [0.15, 0.2) is 12.2 Å². The van der Waals surface area contributed by atoms with E-state index in [1.165, 1.54) is 122 Å². The Morgan fingerprint density at radius 2 is 0.548 bits per heavy atom. The van der Waals surface area contributed by atoms with Crippen LogP contribution in [0.2, 0.25) is 0 Å². The third kappa shape index (κ3) is 59.0. The van der Waals surface area contributed by atoms with Gasteiger partial charge in [0.25, 0.3) is 0 Å². The molecular weight excluding hydrogens is 1110 g/mol. The smallest absolute Gasteiger partial charge is 0.462 e. The zero-order valence-electron chi connectivity index (χ0n) is 54.2. The molecule has 0 amide bonds. The van der Waals surface area contributed by atoms with Gasteiger partial charge in [-0.05, 0) is 37.5 Å². The number of ether oxygens (including phenoxy) is 4. The van der Waals surface area contributed by atoms with Crippen molar-refractivity contribution in [3.8, 4) is 0 Å². The zero-order valence-corrected chi connectivity index (χ0v) is 56.0. The van der Waals surface area contributed by atoms with Crippen LogP contribution in [0.15, 0.2) is 0 Å². The van der Waals surface area contributed by atoms with Gasteiger partial charge >= 0.3 is 39.5 Å². The lowest BCUT2D eigenvalue weighted by Crippen LogP contribution is -2.30. The van der Waals surface area contributed by atoms with E-state index in [-0.39, 0.29) is 25.7 Å². The van der Waals surface area contributed by atoms with E-state index in [0.29, 0.717) is 31.6 Å². The molecule has 84 heavy (non-hydrogen) atoms. The van der Waals surface area contributed by atoms with E-state index in [2.05, 4.69) is 41.5 Å².